The van der Waals surface area contributed by atoms with E-state index in [1.54, 1.807) is 17.7 Å². The molecule has 2 heterocycles. The molecule has 0 unspecified atom stereocenters. The first-order valence-corrected chi connectivity index (χ1v) is 9.42. The van der Waals surface area contributed by atoms with Crippen LogP contribution >= 0.6 is 11.3 Å². The van der Waals surface area contributed by atoms with Gasteiger partial charge in [0.2, 0.25) is 5.88 Å². The second kappa shape index (κ2) is 7.64. The molecule has 130 valence electrons. The summed E-state index contributed by atoms with van der Waals surface area (Å²) in [4.78, 5) is 10.8. The normalized spacial score (nSPS) is 11.0. The second-order valence-corrected chi connectivity index (χ2v) is 7.04. The molecule has 4 aromatic rings. The van der Waals surface area contributed by atoms with Crippen molar-refractivity contribution >= 4 is 21.6 Å². The summed E-state index contributed by atoms with van der Waals surface area (Å²) >= 11 is 1.64. The Morgan fingerprint density at radius 3 is 2.54 bits per heavy atom. The van der Waals surface area contributed by atoms with Gasteiger partial charge in [0.25, 0.3) is 0 Å². The molecular formula is C21H19N3OS. The number of nitrogens with two attached hydrogens (primary N) is 1. The van der Waals surface area contributed by atoms with Gasteiger partial charge in [-0.25, -0.2) is 9.97 Å². The third-order valence-electron chi connectivity index (χ3n) is 4.16. The SMILES string of the molecule is NCCCc1ccc(Oc2ncnc3sc(-c4ccccc4)cc23)cc1. The maximum atomic E-state index is 6.03. The number of aromatic nitrogens is 2. The lowest BCUT2D eigenvalue weighted by atomic mass is 10.1. The van der Waals surface area contributed by atoms with Gasteiger partial charge >= 0.3 is 0 Å². The predicted molar refractivity (Wildman–Crippen MR) is 107 cm³/mol. The Balaban J connectivity index is 1.61. The average molecular weight is 361 g/mol. The fourth-order valence-electron chi connectivity index (χ4n) is 2.80. The zero-order valence-corrected chi connectivity index (χ0v) is 15.1. The van der Waals surface area contributed by atoms with Crippen molar-refractivity contribution in [3.8, 4) is 22.1 Å². The molecule has 0 fully saturated rings. The number of aryl methyl sites for hydroxylation is 1. The van der Waals surface area contributed by atoms with Crippen LogP contribution in [0.1, 0.15) is 12.0 Å². The van der Waals surface area contributed by atoms with Gasteiger partial charge in [-0.2, -0.15) is 0 Å². The Kier molecular flexibility index (Phi) is 4.91. The fraction of sp³-hybridized carbons (Fsp3) is 0.143. The van der Waals surface area contributed by atoms with Crippen LogP contribution in [0.3, 0.4) is 0 Å². The molecule has 0 radical (unpaired) electrons. The van der Waals surface area contributed by atoms with Crippen LogP contribution in [0, 0.1) is 0 Å². The summed E-state index contributed by atoms with van der Waals surface area (Å²) in [6, 6.07) is 20.5. The van der Waals surface area contributed by atoms with E-state index >= 15 is 0 Å². The van der Waals surface area contributed by atoms with Gasteiger partial charge in [0.15, 0.2) is 0 Å². The van der Waals surface area contributed by atoms with Crippen molar-refractivity contribution in [3.05, 3.63) is 72.6 Å². The maximum absolute atomic E-state index is 6.03. The monoisotopic (exact) mass is 361 g/mol. The smallest absolute Gasteiger partial charge is 0.231 e. The number of hydrogen-bond donors (Lipinski definition) is 1. The minimum atomic E-state index is 0.586. The quantitative estimate of drug-likeness (QED) is 0.522. The van der Waals surface area contributed by atoms with Crippen LogP contribution < -0.4 is 10.5 Å². The summed E-state index contributed by atoms with van der Waals surface area (Å²) in [5.41, 5.74) is 8.00. The van der Waals surface area contributed by atoms with Crippen LogP contribution in [0.2, 0.25) is 0 Å². The molecule has 0 saturated heterocycles. The molecule has 26 heavy (non-hydrogen) atoms. The zero-order chi connectivity index (χ0) is 17.8. The van der Waals surface area contributed by atoms with Crippen molar-refractivity contribution in [2.24, 2.45) is 5.73 Å². The number of rotatable bonds is 6. The van der Waals surface area contributed by atoms with Gasteiger partial charge in [-0.05, 0) is 48.7 Å². The molecule has 2 N–H and O–H groups in total. The summed E-state index contributed by atoms with van der Waals surface area (Å²) < 4.78 is 6.03. The number of nitrogens with zero attached hydrogens (tertiary/aromatic N) is 2. The first-order valence-electron chi connectivity index (χ1n) is 8.60. The van der Waals surface area contributed by atoms with Crippen molar-refractivity contribution in [2.45, 2.75) is 12.8 Å². The maximum Gasteiger partial charge on any atom is 0.231 e. The van der Waals surface area contributed by atoms with E-state index in [0.29, 0.717) is 12.4 Å². The Bertz CT molecular complexity index is 997. The molecule has 0 bridgehead atoms. The fourth-order valence-corrected chi connectivity index (χ4v) is 3.80. The van der Waals surface area contributed by atoms with Crippen LogP contribution in [0.5, 0.6) is 11.6 Å². The lowest BCUT2D eigenvalue weighted by Crippen LogP contribution is -2.00. The van der Waals surface area contributed by atoms with Gasteiger partial charge in [-0.3, -0.25) is 0 Å². The molecule has 0 aliphatic rings. The molecule has 5 heteroatoms. The average Bonchev–Trinajstić information content (AvgIpc) is 3.14. The zero-order valence-electron chi connectivity index (χ0n) is 14.3. The Morgan fingerprint density at radius 1 is 0.962 bits per heavy atom. The summed E-state index contributed by atoms with van der Waals surface area (Å²) in [7, 11) is 0. The largest absolute Gasteiger partial charge is 0.438 e. The summed E-state index contributed by atoms with van der Waals surface area (Å²) in [6.07, 6.45) is 3.53. The van der Waals surface area contributed by atoms with Crippen LogP contribution in [0.15, 0.2) is 67.0 Å². The molecule has 0 saturated carbocycles. The van der Waals surface area contributed by atoms with Gasteiger partial charge in [0, 0.05) is 4.88 Å². The molecule has 0 aliphatic carbocycles. The second-order valence-electron chi connectivity index (χ2n) is 6.01. The predicted octanol–water partition coefficient (Wildman–Crippen LogP) is 5.04. The van der Waals surface area contributed by atoms with E-state index in [2.05, 4.69) is 40.3 Å². The third-order valence-corrected chi connectivity index (χ3v) is 5.25. The van der Waals surface area contributed by atoms with E-state index in [-0.39, 0.29) is 0 Å². The van der Waals surface area contributed by atoms with Gasteiger partial charge < -0.3 is 10.5 Å². The van der Waals surface area contributed by atoms with E-state index < -0.39 is 0 Å². The molecule has 4 nitrogen and oxygen atoms in total. The minimum Gasteiger partial charge on any atom is -0.438 e. The van der Waals surface area contributed by atoms with Crippen LogP contribution in [0.4, 0.5) is 0 Å². The van der Waals surface area contributed by atoms with Gasteiger partial charge in [0.1, 0.15) is 16.9 Å². The molecule has 0 aliphatic heterocycles. The number of ether oxygens (including phenoxy) is 1. The van der Waals surface area contributed by atoms with Gasteiger partial charge in [-0.15, -0.1) is 11.3 Å². The van der Waals surface area contributed by atoms with E-state index in [1.807, 2.05) is 30.3 Å². The lowest BCUT2D eigenvalue weighted by Gasteiger charge is -2.06. The van der Waals surface area contributed by atoms with Crippen molar-refractivity contribution in [3.63, 3.8) is 0 Å². The van der Waals surface area contributed by atoms with Crippen LogP contribution in [0.25, 0.3) is 20.7 Å². The van der Waals surface area contributed by atoms with E-state index in [1.165, 1.54) is 11.1 Å². The first kappa shape index (κ1) is 16.7. The molecule has 0 spiro atoms. The van der Waals surface area contributed by atoms with Gasteiger partial charge in [0.05, 0.1) is 5.39 Å². The topological polar surface area (TPSA) is 61.0 Å². The Morgan fingerprint density at radius 2 is 1.77 bits per heavy atom. The number of fused-ring (bicyclic) bond motifs is 1. The van der Waals surface area contributed by atoms with E-state index in [9.17, 15) is 0 Å². The summed E-state index contributed by atoms with van der Waals surface area (Å²) in [5, 5.41) is 0.934. The Hall–Kier alpha value is -2.76. The van der Waals surface area contributed by atoms with Crippen molar-refractivity contribution in [2.75, 3.05) is 6.54 Å². The molecule has 0 amide bonds. The number of thiophene rings is 1. The van der Waals surface area contributed by atoms with E-state index in [4.69, 9.17) is 10.5 Å². The molecule has 0 atom stereocenters. The molecule has 2 aromatic heterocycles. The standard InChI is InChI=1S/C21H19N3OS/c22-12-4-5-15-8-10-17(11-9-15)25-20-18-13-19(16-6-2-1-3-7-16)26-21(18)24-14-23-20/h1-3,6-11,13-14H,4-5,12,22H2. The minimum absolute atomic E-state index is 0.586. The summed E-state index contributed by atoms with van der Waals surface area (Å²) in [6.45, 7) is 0.707. The summed E-state index contributed by atoms with van der Waals surface area (Å²) in [5.74, 6) is 1.36. The highest BCUT2D eigenvalue weighted by molar-refractivity contribution is 7.21. The lowest BCUT2D eigenvalue weighted by molar-refractivity contribution is 0.468. The Labute approximate surface area is 156 Å². The van der Waals surface area contributed by atoms with Crippen LogP contribution in [-0.2, 0) is 6.42 Å². The molecule has 4 rings (SSSR count). The van der Waals surface area contributed by atoms with Crippen molar-refractivity contribution in [1.29, 1.82) is 0 Å². The first-order chi connectivity index (χ1) is 12.8. The molecule has 2 aromatic carbocycles. The third kappa shape index (κ3) is 3.59. The van der Waals surface area contributed by atoms with E-state index in [0.717, 1.165) is 33.7 Å². The highest BCUT2D eigenvalue weighted by Gasteiger charge is 2.11. The van der Waals surface area contributed by atoms with Gasteiger partial charge in [-0.1, -0.05) is 42.5 Å². The van der Waals surface area contributed by atoms with Crippen molar-refractivity contribution < 1.29 is 4.74 Å². The highest BCUT2D eigenvalue weighted by Crippen LogP contribution is 2.37. The van der Waals surface area contributed by atoms with Crippen LogP contribution in [-0.4, -0.2) is 16.5 Å². The highest BCUT2D eigenvalue weighted by atomic mass is 32.1. The van der Waals surface area contributed by atoms with Crippen molar-refractivity contribution in [1.82, 2.24) is 9.97 Å². The molecular weight excluding hydrogens is 342 g/mol. The number of hydrogen-bond acceptors (Lipinski definition) is 5. The number of benzene rings is 2.